The Hall–Kier alpha value is -1.36. The molecule has 1 saturated carbocycles. The zero-order valence-electron chi connectivity index (χ0n) is 12.9. The Morgan fingerprint density at radius 3 is 2.60 bits per heavy atom. The SMILES string of the molecule is CC(C)c1c(NN)ncnc1OC1CCC(C)C(C)C1. The van der Waals surface area contributed by atoms with E-state index in [0.29, 0.717) is 17.6 Å². The Balaban J connectivity index is 2.17. The van der Waals surface area contributed by atoms with Gasteiger partial charge in [0.25, 0.3) is 0 Å². The zero-order chi connectivity index (χ0) is 14.7. The molecule has 2 rings (SSSR count). The normalized spacial score (nSPS) is 26.6. The van der Waals surface area contributed by atoms with Crippen LogP contribution in [0.1, 0.15) is 58.4 Å². The number of hydrazine groups is 1. The summed E-state index contributed by atoms with van der Waals surface area (Å²) in [6.07, 6.45) is 5.16. The molecule has 0 amide bonds. The second kappa shape index (κ2) is 6.39. The van der Waals surface area contributed by atoms with Gasteiger partial charge in [-0.05, 0) is 37.0 Å². The van der Waals surface area contributed by atoms with Crippen LogP contribution < -0.4 is 16.0 Å². The highest BCUT2D eigenvalue weighted by molar-refractivity contribution is 5.49. The summed E-state index contributed by atoms with van der Waals surface area (Å²) in [4.78, 5) is 8.49. The molecule has 112 valence electrons. The maximum absolute atomic E-state index is 6.16. The van der Waals surface area contributed by atoms with Gasteiger partial charge < -0.3 is 10.2 Å². The maximum Gasteiger partial charge on any atom is 0.222 e. The van der Waals surface area contributed by atoms with Gasteiger partial charge in [0.05, 0.1) is 5.56 Å². The second-order valence-corrected chi connectivity index (χ2v) is 6.25. The van der Waals surface area contributed by atoms with E-state index < -0.39 is 0 Å². The third kappa shape index (κ3) is 3.20. The number of nitrogens with two attached hydrogens (primary N) is 1. The van der Waals surface area contributed by atoms with Crippen LogP contribution in [0, 0.1) is 11.8 Å². The van der Waals surface area contributed by atoms with Crippen LogP contribution in [-0.2, 0) is 0 Å². The van der Waals surface area contributed by atoms with E-state index in [9.17, 15) is 0 Å². The number of nitrogen functional groups attached to an aromatic ring is 1. The third-order valence-electron chi connectivity index (χ3n) is 4.39. The molecule has 1 heterocycles. The van der Waals surface area contributed by atoms with Gasteiger partial charge in [-0.25, -0.2) is 15.8 Å². The molecule has 3 N–H and O–H groups in total. The topological polar surface area (TPSA) is 73.1 Å². The molecule has 1 aromatic rings. The minimum absolute atomic E-state index is 0.249. The molecule has 0 spiro atoms. The van der Waals surface area contributed by atoms with Gasteiger partial charge in [-0.2, -0.15) is 0 Å². The number of nitrogens with one attached hydrogen (secondary N) is 1. The summed E-state index contributed by atoms with van der Waals surface area (Å²) in [6, 6.07) is 0. The standard InChI is InChI=1S/C15H26N4O/c1-9(2)13-14(19-16)17-8-18-15(13)20-12-6-5-10(3)11(4)7-12/h8-12H,5-7,16H2,1-4H3,(H,17,18,19). The fourth-order valence-electron chi connectivity index (χ4n) is 2.87. The van der Waals surface area contributed by atoms with Gasteiger partial charge in [-0.1, -0.05) is 27.7 Å². The van der Waals surface area contributed by atoms with Crippen molar-refractivity contribution in [2.75, 3.05) is 5.43 Å². The fraction of sp³-hybridized carbons (Fsp3) is 0.733. The molecule has 0 aliphatic heterocycles. The number of ether oxygens (including phenoxy) is 1. The molecule has 1 aromatic heterocycles. The lowest BCUT2D eigenvalue weighted by Gasteiger charge is -2.32. The molecule has 0 radical (unpaired) electrons. The van der Waals surface area contributed by atoms with Crippen LogP contribution in [0.4, 0.5) is 5.82 Å². The fourth-order valence-corrected chi connectivity index (χ4v) is 2.87. The van der Waals surface area contributed by atoms with Crippen molar-refractivity contribution >= 4 is 5.82 Å². The van der Waals surface area contributed by atoms with E-state index in [2.05, 4.69) is 43.1 Å². The molecule has 0 saturated heterocycles. The summed E-state index contributed by atoms with van der Waals surface area (Å²) in [6.45, 7) is 8.81. The highest BCUT2D eigenvalue weighted by atomic mass is 16.5. The van der Waals surface area contributed by atoms with Gasteiger partial charge in [0, 0.05) is 0 Å². The predicted molar refractivity (Wildman–Crippen MR) is 80.5 cm³/mol. The first kappa shape index (κ1) is 15.0. The largest absolute Gasteiger partial charge is 0.474 e. The summed E-state index contributed by atoms with van der Waals surface area (Å²) in [7, 11) is 0. The van der Waals surface area contributed by atoms with Crippen molar-refractivity contribution in [3.8, 4) is 5.88 Å². The highest BCUT2D eigenvalue weighted by Crippen LogP contribution is 2.35. The molecule has 1 aliphatic carbocycles. The molecule has 3 atom stereocenters. The van der Waals surface area contributed by atoms with Gasteiger partial charge in [0.2, 0.25) is 5.88 Å². The first-order valence-electron chi connectivity index (χ1n) is 7.51. The number of rotatable bonds is 4. The summed E-state index contributed by atoms with van der Waals surface area (Å²) in [5, 5.41) is 0. The Morgan fingerprint density at radius 2 is 2.00 bits per heavy atom. The molecule has 3 unspecified atom stereocenters. The van der Waals surface area contributed by atoms with E-state index in [1.165, 1.54) is 12.7 Å². The van der Waals surface area contributed by atoms with Crippen LogP contribution in [0.3, 0.4) is 0 Å². The minimum atomic E-state index is 0.249. The Kier molecular flexibility index (Phi) is 4.81. The lowest BCUT2D eigenvalue weighted by atomic mass is 9.80. The van der Waals surface area contributed by atoms with Crippen molar-refractivity contribution in [2.45, 2.75) is 59.0 Å². The molecule has 5 nitrogen and oxygen atoms in total. The first-order valence-corrected chi connectivity index (χ1v) is 7.51. The molecule has 1 aliphatic rings. The van der Waals surface area contributed by atoms with Crippen molar-refractivity contribution in [3.05, 3.63) is 11.9 Å². The first-order chi connectivity index (χ1) is 9.52. The van der Waals surface area contributed by atoms with Crippen LogP contribution in [0.25, 0.3) is 0 Å². The van der Waals surface area contributed by atoms with E-state index in [1.54, 1.807) is 0 Å². The van der Waals surface area contributed by atoms with Crippen molar-refractivity contribution in [2.24, 2.45) is 17.7 Å². The Labute approximate surface area is 121 Å². The molecule has 20 heavy (non-hydrogen) atoms. The molecular formula is C15H26N4O. The number of aromatic nitrogens is 2. The van der Waals surface area contributed by atoms with Crippen molar-refractivity contribution in [3.63, 3.8) is 0 Å². The van der Waals surface area contributed by atoms with E-state index in [-0.39, 0.29) is 12.0 Å². The van der Waals surface area contributed by atoms with Crippen LogP contribution in [0.2, 0.25) is 0 Å². The predicted octanol–water partition coefficient (Wildman–Crippen LogP) is 3.09. The highest BCUT2D eigenvalue weighted by Gasteiger charge is 2.27. The number of nitrogens with zero attached hydrogens (tertiary/aromatic N) is 2. The van der Waals surface area contributed by atoms with Gasteiger partial charge in [0.1, 0.15) is 12.4 Å². The van der Waals surface area contributed by atoms with Gasteiger partial charge in [0.15, 0.2) is 5.82 Å². The molecule has 1 fully saturated rings. The summed E-state index contributed by atoms with van der Waals surface area (Å²) in [5.41, 5.74) is 3.60. The quantitative estimate of drug-likeness (QED) is 0.654. The van der Waals surface area contributed by atoms with Crippen molar-refractivity contribution in [1.82, 2.24) is 9.97 Å². The van der Waals surface area contributed by atoms with Crippen LogP contribution in [0.15, 0.2) is 6.33 Å². The second-order valence-electron chi connectivity index (χ2n) is 6.25. The number of hydrogen-bond acceptors (Lipinski definition) is 5. The van der Waals surface area contributed by atoms with Crippen molar-refractivity contribution < 1.29 is 4.74 Å². The van der Waals surface area contributed by atoms with Gasteiger partial charge >= 0.3 is 0 Å². The van der Waals surface area contributed by atoms with E-state index >= 15 is 0 Å². The third-order valence-corrected chi connectivity index (χ3v) is 4.39. The van der Waals surface area contributed by atoms with Crippen molar-refractivity contribution in [1.29, 1.82) is 0 Å². The number of hydrogen-bond donors (Lipinski definition) is 2. The molecule has 5 heteroatoms. The van der Waals surface area contributed by atoms with Gasteiger partial charge in [-0.15, -0.1) is 0 Å². The van der Waals surface area contributed by atoms with Gasteiger partial charge in [-0.3, -0.25) is 0 Å². The maximum atomic E-state index is 6.16. The van der Waals surface area contributed by atoms with Crippen LogP contribution in [0.5, 0.6) is 5.88 Å². The average molecular weight is 278 g/mol. The minimum Gasteiger partial charge on any atom is -0.474 e. The van der Waals surface area contributed by atoms with Crippen LogP contribution in [-0.4, -0.2) is 16.1 Å². The summed E-state index contributed by atoms with van der Waals surface area (Å²) >= 11 is 0. The summed E-state index contributed by atoms with van der Waals surface area (Å²) < 4.78 is 6.16. The van der Waals surface area contributed by atoms with E-state index in [1.807, 2.05) is 0 Å². The Morgan fingerprint density at radius 1 is 1.25 bits per heavy atom. The van der Waals surface area contributed by atoms with Crippen LogP contribution >= 0.6 is 0 Å². The van der Waals surface area contributed by atoms with E-state index in [4.69, 9.17) is 10.6 Å². The molecular weight excluding hydrogens is 252 g/mol. The lowest BCUT2D eigenvalue weighted by molar-refractivity contribution is 0.0951. The summed E-state index contributed by atoms with van der Waals surface area (Å²) in [5.74, 6) is 8.61. The lowest BCUT2D eigenvalue weighted by Crippen LogP contribution is -2.29. The molecule has 0 bridgehead atoms. The van der Waals surface area contributed by atoms with E-state index in [0.717, 1.165) is 24.3 Å². The molecule has 0 aromatic carbocycles. The number of anilines is 1. The Bertz CT molecular complexity index is 449. The average Bonchev–Trinajstić information content (AvgIpc) is 2.42. The smallest absolute Gasteiger partial charge is 0.222 e. The zero-order valence-corrected chi connectivity index (χ0v) is 12.9. The monoisotopic (exact) mass is 278 g/mol.